The predicted octanol–water partition coefficient (Wildman–Crippen LogP) is 16.1. The van der Waals surface area contributed by atoms with E-state index in [0.29, 0.717) is 22.4 Å². The molecule has 0 aliphatic rings. The van der Waals surface area contributed by atoms with Crippen molar-refractivity contribution in [2.45, 2.75) is 0 Å². The summed E-state index contributed by atoms with van der Waals surface area (Å²) in [5.41, 5.74) is 3.75. The van der Waals surface area contributed by atoms with Crippen LogP contribution in [0.1, 0.15) is 21.9 Å². The van der Waals surface area contributed by atoms with Gasteiger partial charge in [0.25, 0.3) is 0 Å². The fraction of sp³-hybridized carbons (Fsp3) is 0. The lowest BCUT2D eigenvalue weighted by Gasteiger charge is -2.21. The Kier molecular flexibility index (Phi) is 4.95. The van der Waals surface area contributed by atoms with E-state index in [1.54, 1.807) is 23.5 Å². The van der Waals surface area contributed by atoms with Gasteiger partial charge in [-0.1, -0.05) is 157 Å². The molecule has 0 aliphatic carbocycles. The number of hydrogen-bond donors (Lipinski definition) is 0. The minimum Gasteiger partial charge on any atom is -0.309 e. The van der Waals surface area contributed by atoms with Crippen LogP contribution in [0.4, 0.5) is 0 Å². The van der Waals surface area contributed by atoms with Gasteiger partial charge >= 0.3 is 0 Å². The lowest BCUT2D eigenvalue weighted by atomic mass is 9.92. The van der Waals surface area contributed by atoms with Gasteiger partial charge in [-0.25, -0.2) is 4.98 Å². The average Bonchev–Trinajstić information content (AvgIpc) is 3.72. The smallest absolute Gasteiger partial charge is 0.140 e. The first-order valence-corrected chi connectivity index (χ1v) is 21.3. The van der Waals surface area contributed by atoms with Crippen LogP contribution in [-0.4, -0.2) is 18.7 Å². The largest absolute Gasteiger partial charge is 0.309 e. The Hall–Kier alpha value is -8.25. The monoisotopic (exact) mass is 848 g/mol. The first kappa shape index (κ1) is 23.3. The molecule has 0 amide bonds. The number of aromatic nitrogens is 4. The molecule has 0 radical (unpaired) electrons. The predicted molar refractivity (Wildman–Crippen MR) is 271 cm³/mol. The van der Waals surface area contributed by atoms with E-state index < -0.39 is 96.7 Å². The second-order valence-electron chi connectivity index (χ2n) is 15.5. The van der Waals surface area contributed by atoms with E-state index >= 15 is 0 Å². The van der Waals surface area contributed by atoms with E-state index in [-0.39, 0.29) is 55.2 Å². The van der Waals surface area contributed by atoms with Crippen LogP contribution in [0.5, 0.6) is 0 Å². The third kappa shape index (κ3) is 5.01. The Labute approximate surface area is 394 Å². The summed E-state index contributed by atoms with van der Waals surface area (Å²) >= 11 is 1.61. The van der Waals surface area contributed by atoms with Crippen LogP contribution < -0.4 is 0 Å². The first-order chi connectivity index (χ1) is 38.4. The van der Waals surface area contributed by atoms with Gasteiger partial charge in [-0.3, -0.25) is 9.13 Å². The van der Waals surface area contributed by atoms with E-state index in [1.807, 2.05) is 91.0 Å². The van der Waals surface area contributed by atoms with Crippen LogP contribution in [-0.2, 0) is 0 Å². The summed E-state index contributed by atoms with van der Waals surface area (Å²) in [5.74, 6) is -0.348. The molecule has 5 aromatic heterocycles. The Bertz CT molecular complexity index is 4780. The van der Waals surface area contributed by atoms with Gasteiger partial charge in [0, 0.05) is 63.6 Å². The molecule has 0 bridgehead atoms. The van der Waals surface area contributed by atoms with Gasteiger partial charge in [0.05, 0.1) is 60.7 Å². The van der Waals surface area contributed by atoms with E-state index in [4.69, 9.17) is 16.0 Å². The number of hydrogen-bond acceptors (Lipinski definition) is 2. The summed E-state index contributed by atoms with van der Waals surface area (Å²) in [6.45, 7) is 0. The van der Waals surface area contributed by atoms with Crippen LogP contribution in [0, 0.1) is 0 Å². The molecule has 0 saturated carbocycles. The van der Waals surface area contributed by atoms with Gasteiger partial charge in [-0.2, -0.15) is 0 Å². The van der Waals surface area contributed by atoms with Gasteiger partial charge in [0.1, 0.15) is 11.6 Å². The number of fused-ring (bicyclic) bond motifs is 12. The van der Waals surface area contributed by atoms with Gasteiger partial charge in [0.15, 0.2) is 0 Å². The molecule has 0 unspecified atom stereocenters. The van der Waals surface area contributed by atoms with Crippen molar-refractivity contribution in [3.8, 4) is 39.6 Å². The summed E-state index contributed by atoms with van der Waals surface area (Å²) in [5, 5.41) is 3.08. The van der Waals surface area contributed by atoms with Crippen molar-refractivity contribution in [1.29, 1.82) is 0 Å². The van der Waals surface area contributed by atoms with E-state index in [0.717, 1.165) is 47.5 Å². The highest BCUT2D eigenvalue weighted by atomic mass is 32.1. The fourth-order valence-corrected chi connectivity index (χ4v) is 10.8. The first-order valence-electron chi connectivity index (χ1n) is 28.5. The maximum atomic E-state index is 9.53. The molecule has 298 valence electrons. The second kappa shape index (κ2) is 13.6. The zero-order chi connectivity index (χ0) is 55.8. The third-order valence-corrected chi connectivity index (χ3v) is 13.4. The Morgan fingerprint density at radius 3 is 1.39 bits per heavy atom. The van der Waals surface area contributed by atoms with Crippen molar-refractivity contribution in [3.63, 3.8) is 0 Å². The summed E-state index contributed by atoms with van der Waals surface area (Å²) in [6, 6.07) is 29.4. The molecule has 0 spiro atoms. The topological polar surface area (TPSA) is 27.7 Å². The summed E-state index contributed by atoms with van der Waals surface area (Å²) in [4.78, 5) is 5.22. The summed E-state index contributed by atoms with van der Waals surface area (Å²) < 4.78 is 153. The van der Waals surface area contributed by atoms with Crippen molar-refractivity contribution in [1.82, 2.24) is 18.7 Å². The van der Waals surface area contributed by atoms with E-state index in [1.165, 1.54) is 9.13 Å². The maximum absolute atomic E-state index is 9.53. The zero-order valence-electron chi connectivity index (χ0n) is 49.2. The summed E-state index contributed by atoms with van der Waals surface area (Å²) in [6.07, 6.45) is 0. The standard InChI is InChI=1S/C59H36N4S/c1-8-27-48-38(17-1)39-18-2-9-28-49(39)61(48)54-33-16-24-45(47-26-15-25-46-44-23-7-14-34-55(44)64-59(46)47)58(54)37-35-56(62-50-29-10-3-19-40(50)41-20-4-11-30-51(41)62)60-57(36-37)63-52-31-12-5-21-42(52)43-22-6-13-32-53(43)63/h1-36H/i3D,4D,5D,6D,10D,11D,12D,13D,19D,20D,21D,22D,29D,30D,31D,32D. The van der Waals surface area contributed by atoms with E-state index in [9.17, 15) is 11.0 Å². The molecule has 0 aliphatic heterocycles. The van der Waals surface area contributed by atoms with Crippen LogP contribution >= 0.6 is 11.3 Å². The molecule has 0 N–H and O–H groups in total. The molecule has 5 heterocycles. The highest BCUT2D eigenvalue weighted by molar-refractivity contribution is 7.26. The van der Waals surface area contributed by atoms with Crippen LogP contribution in [0.15, 0.2) is 218 Å². The van der Waals surface area contributed by atoms with Crippen molar-refractivity contribution < 1.29 is 21.9 Å². The minimum atomic E-state index is -0.664. The maximum Gasteiger partial charge on any atom is 0.140 e. The Morgan fingerprint density at radius 2 is 0.828 bits per heavy atom. The molecule has 14 rings (SSSR count). The quantitative estimate of drug-likeness (QED) is 0.170. The SMILES string of the molecule is [2H]c1c([2H])c([2H])c2c(c1[2H])c1c([2H])c([2H])c([2H])c([2H])c1n2-c1cc(-c2c(-c3cccc4c3sc3ccccc34)cccc2-n2c3ccccc3c3ccccc32)cc(-n2c3c([2H])c([2H])c([2H])c([2H])c3c3c([2H])c([2H])c([2H])c([2H])c32)n1. The lowest BCUT2D eigenvalue weighted by molar-refractivity contribution is 1.01. The van der Waals surface area contributed by atoms with Crippen molar-refractivity contribution in [2.24, 2.45) is 0 Å². The minimum absolute atomic E-state index is 0.174. The molecular weight excluding hydrogens is 797 g/mol. The van der Waals surface area contributed by atoms with Crippen molar-refractivity contribution >= 4 is 96.9 Å². The lowest BCUT2D eigenvalue weighted by Crippen LogP contribution is -2.06. The highest BCUT2D eigenvalue weighted by Crippen LogP contribution is 2.47. The van der Waals surface area contributed by atoms with Crippen molar-refractivity contribution in [3.05, 3.63) is 218 Å². The summed E-state index contributed by atoms with van der Waals surface area (Å²) in [7, 11) is 0. The third-order valence-electron chi connectivity index (χ3n) is 12.2. The fourth-order valence-electron chi connectivity index (χ4n) is 9.57. The molecule has 0 saturated heterocycles. The highest BCUT2D eigenvalue weighted by Gasteiger charge is 2.24. The number of nitrogens with zero attached hydrogens (tertiary/aromatic N) is 4. The number of para-hydroxylation sites is 6. The van der Waals surface area contributed by atoms with Gasteiger partial charge < -0.3 is 4.57 Å². The van der Waals surface area contributed by atoms with Crippen LogP contribution in [0.3, 0.4) is 0 Å². The van der Waals surface area contributed by atoms with Gasteiger partial charge in [-0.15, -0.1) is 11.3 Å². The van der Waals surface area contributed by atoms with Crippen LogP contribution in [0.25, 0.3) is 125 Å². The average molecular weight is 849 g/mol. The van der Waals surface area contributed by atoms with Gasteiger partial charge in [-0.05, 0) is 71.7 Å². The van der Waals surface area contributed by atoms with E-state index in [2.05, 4.69) is 22.8 Å². The molecule has 4 nitrogen and oxygen atoms in total. The van der Waals surface area contributed by atoms with Crippen molar-refractivity contribution in [2.75, 3.05) is 0 Å². The molecule has 0 atom stereocenters. The Balaban J connectivity index is 1.25. The molecule has 5 heteroatoms. The molecule has 9 aromatic carbocycles. The molecule has 14 aromatic rings. The molecular formula is C59H36N4S. The number of benzene rings is 9. The second-order valence-corrected chi connectivity index (χ2v) is 16.5. The zero-order valence-corrected chi connectivity index (χ0v) is 34.1. The molecule has 0 fully saturated rings. The number of pyridine rings is 1. The number of rotatable bonds is 5. The van der Waals surface area contributed by atoms with Crippen LogP contribution in [0.2, 0.25) is 0 Å². The number of thiophene rings is 1. The van der Waals surface area contributed by atoms with Gasteiger partial charge in [0.2, 0.25) is 0 Å². The Morgan fingerprint density at radius 1 is 0.375 bits per heavy atom. The normalized spacial score (nSPS) is 15.6. The molecule has 64 heavy (non-hydrogen) atoms.